The highest BCUT2D eigenvalue weighted by molar-refractivity contribution is 5.81. The molecule has 0 aliphatic carbocycles. The summed E-state index contributed by atoms with van der Waals surface area (Å²) >= 11 is 0. The lowest BCUT2D eigenvalue weighted by molar-refractivity contribution is -0.119. The molecule has 1 rings (SSSR count). The van der Waals surface area contributed by atoms with Gasteiger partial charge in [0.2, 0.25) is 0 Å². The molecule has 0 aromatic carbocycles. The van der Waals surface area contributed by atoms with Crippen molar-refractivity contribution >= 4 is 5.78 Å². The van der Waals surface area contributed by atoms with Gasteiger partial charge in [-0.25, -0.2) is 0 Å². The van der Waals surface area contributed by atoms with Gasteiger partial charge in [0.1, 0.15) is 5.78 Å². The molecule has 0 amide bonds. The first-order chi connectivity index (χ1) is 6.24. The van der Waals surface area contributed by atoms with Crippen LogP contribution in [0.25, 0.3) is 0 Å². The number of likely N-dealkylation sites (N-methyl/N-ethyl adjacent to an activating group) is 1. The number of hydrogen-bond donors (Lipinski definition) is 1. The third-order valence-electron chi connectivity index (χ3n) is 2.22. The Morgan fingerprint density at radius 2 is 2.15 bits per heavy atom. The second-order valence-electron chi connectivity index (χ2n) is 3.20. The fourth-order valence-corrected chi connectivity index (χ4v) is 1.43. The molecule has 76 valence electrons. The van der Waals surface area contributed by atoms with E-state index in [4.69, 9.17) is 9.47 Å². The maximum absolute atomic E-state index is 11.0. The summed E-state index contributed by atoms with van der Waals surface area (Å²) in [5.74, 6) is 0.167. The number of carbonyl (C=O) groups is 1. The van der Waals surface area contributed by atoms with Gasteiger partial charge in [-0.05, 0) is 20.4 Å². The Morgan fingerprint density at radius 1 is 1.54 bits per heavy atom. The van der Waals surface area contributed by atoms with E-state index in [0.717, 1.165) is 12.8 Å². The Bertz CT molecular complexity index is 166. The molecule has 1 aliphatic rings. The van der Waals surface area contributed by atoms with Crippen LogP contribution in [0.1, 0.15) is 19.8 Å². The molecule has 1 atom stereocenters. The molecule has 1 N–H and O–H groups in total. The molecule has 0 spiro atoms. The van der Waals surface area contributed by atoms with Crippen molar-refractivity contribution in [2.45, 2.75) is 32.1 Å². The number of ketones is 1. The minimum Gasteiger partial charge on any atom is -0.350 e. The summed E-state index contributed by atoms with van der Waals surface area (Å²) in [6, 6.07) is -0.0622. The van der Waals surface area contributed by atoms with Crippen LogP contribution in [0, 0.1) is 0 Å². The first-order valence-corrected chi connectivity index (χ1v) is 4.65. The van der Waals surface area contributed by atoms with E-state index < -0.39 is 0 Å². The standard InChI is InChI=1S/C9H17NO3/c1-7(11)8(10-2)3-4-9-12-5-6-13-9/h8-10H,3-6H2,1-2H3. The van der Waals surface area contributed by atoms with Gasteiger partial charge in [0.05, 0.1) is 19.3 Å². The van der Waals surface area contributed by atoms with E-state index in [2.05, 4.69) is 5.32 Å². The normalized spacial score (nSPS) is 20.5. The van der Waals surface area contributed by atoms with Crippen molar-refractivity contribution in [1.82, 2.24) is 5.32 Å². The highest BCUT2D eigenvalue weighted by Crippen LogP contribution is 2.11. The van der Waals surface area contributed by atoms with Gasteiger partial charge < -0.3 is 14.8 Å². The minimum absolute atomic E-state index is 0.0622. The summed E-state index contributed by atoms with van der Waals surface area (Å²) in [5, 5.41) is 2.96. The van der Waals surface area contributed by atoms with E-state index in [9.17, 15) is 4.79 Å². The molecule has 1 aliphatic heterocycles. The van der Waals surface area contributed by atoms with Gasteiger partial charge in [0, 0.05) is 6.42 Å². The first kappa shape index (κ1) is 10.6. The summed E-state index contributed by atoms with van der Waals surface area (Å²) in [6.07, 6.45) is 1.46. The van der Waals surface area contributed by atoms with Crippen molar-refractivity contribution in [3.8, 4) is 0 Å². The SMILES string of the molecule is CNC(CCC1OCCO1)C(C)=O. The van der Waals surface area contributed by atoms with Crippen LogP contribution < -0.4 is 5.32 Å². The van der Waals surface area contributed by atoms with Gasteiger partial charge in [-0.3, -0.25) is 4.79 Å². The van der Waals surface area contributed by atoms with Crippen LogP contribution >= 0.6 is 0 Å². The number of nitrogens with one attached hydrogen (secondary N) is 1. The molecule has 1 unspecified atom stereocenters. The Kier molecular flexibility index (Phi) is 4.35. The molecule has 4 nitrogen and oxygen atoms in total. The van der Waals surface area contributed by atoms with Gasteiger partial charge in [0.15, 0.2) is 6.29 Å². The molecule has 4 heteroatoms. The smallest absolute Gasteiger partial charge is 0.157 e. The second kappa shape index (κ2) is 5.32. The van der Waals surface area contributed by atoms with Crippen molar-refractivity contribution in [3.63, 3.8) is 0 Å². The molecular weight excluding hydrogens is 170 g/mol. The van der Waals surface area contributed by atoms with Crippen molar-refractivity contribution in [2.24, 2.45) is 0 Å². The van der Waals surface area contributed by atoms with Crippen LogP contribution in [-0.2, 0) is 14.3 Å². The van der Waals surface area contributed by atoms with Crippen LogP contribution in [0.15, 0.2) is 0 Å². The zero-order valence-electron chi connectivity index (χ0n) is 8.21. The third-order valence-corrected chi connectivity index (χ3v) is 2.22. The van der Waals surface area contributed by atoms with Gasteiger partial charge >= 0.3 is 0 Å². The van der Waals surface area contributed by atoms with E-state index in [0.29, 0.717) is 13.2 Å². The average molecular weight is 187 g/mol. The zero-order valence-corrected chi connectivity index (χ0v) is 8.21. The number of ether oxygens (including phenoxy) is 2. The molecule has 13 heavy (non-hydrogen) atoms. The lowest BCUT2D eigenvalue weighted by atomic mass is 10.1. The third kappa shape index (κ3) is 3.42. The number of rotatable bonds is 5. The average Bonchev–Trinajstić information content (AvgIpc) is 2.57. The molecule has 0 saturated carbocycles. The molecular formula is C9H17NO3. The van der Waals surface area contributed by atoms with E-state index >= 15 is 0 Å². The van der Waals surface area contributed by atoms with Gasteiger partial charge in [0.25, 0.3) is 0 Å². The van der Waals surface area contributed by atoms with Crippen molar-refractivity contribution in [3.05, 3.63) is 0 Å². The Hall–Kier alpha value is -0.450. The summed E-state index contributed by atoms with van der Waals surface area (Å²) in [6.45, 7) is 2.95. The summed E-state index contributed by atoms with van der Waals surface area (Å²) in [4.78, 5) is 11.0. The first-order valence-electron chi connectivity index (χ1n) is 4.65. The monoisotopic (exact) mass is 187 g/mol. The van der Waals surface area contributed by atoms with Crippen LogP contribution in [0.5, 0.6) is 0 Å². The Labute approximate surface area is 78.6 Å². The fraction of sp³-hybridized carbons (Fsp3) is 0.889. The Balaban J connectivity index is 2.18. The predicted molar refractivity (Wildman–Crippen MR) is 48.5 cm³/mol. The van der Waals surface area contributed by atoms with Crippen molar-refractivity contribution in [1.29, 1.82) is 0 Å². The minimum atomic E-state index is -0.102. The predicted octanol–water partition coefficient (Wildman–Crippen LogP) is 0.316. The maximum atomic E-state index is 11.0. The van der Waals surface area contributed by atoms with E-state index in [1.54, 1.807) is 14.0 Å². The highest BCUT2D eigenvalue weighted by atomic mass is 16.7. The van der Waals surface area contributed by atoms with E-state index in [1.807, 2.05) is 0 Å². The molecule has 0 aromatic rings. The van der Waals surface area contributed by atoms with E-state index in [1.165, 1.54) is 0 Å². The van der Waals surface area contributed by atoms with Gasteiger partial charge in [-0.2, -0.15) is 0 Å². The molecule has 0 radical (unpaired) electrons. The second-order valence-corrected chi connectivity index (χ2v) is 3.20. The number of carbonyl (C=O) groups excluding carboxylic acids is 1. The van der Waals surface area contributed by atoms with Crippen LogP contribution in [0.2, 0.25) is 0 Å². The zero-order chi connectivity index (χ0) is 9.68. The number of Topliss-reactive ketones (excluding diaryl/α,β-unsaturated/α-hetero) is 1. The molecule has 1 heterocycles. The quantitative estimate of drug-likeness (QED) is 0.673. The fourth-order valence-electron chi connectivity index (χ4n) is 1.43. The van der Waals surface area contributed by atoms with Crippen LogP contribution in [0.4, 0.5) is 0 Å². The lowest BCUT2D eigenvalue weighted by Crippen LogP contribution is -2.33. The largest absolute Gasteiger partial charge is 0.350 e. The molecule has 1 saturated heterocycles. The molecule has 0 bridgehead atoms. The van der Waals surface area contributed by atoms with Crippen molar-refractivity contribution in [2.75, 3.05) is 20.3 Å². The lowest BCUT2D eigenvalue weighted by Gasteiger charge is -2.14. The molecule has 0 aromatic heterocycles. The molecule has 1 fully saturated rings. The highest BCUT2D eigenvalue weighted by Gasteiger charge is 2.19. The summed E-state index contributed by atoms with van der Waals surface area (Å²) in [7, 11) is 1.79. The summed E-state index contributed by atoms with van der Waals surface area (Å²) in [5.41, 5.74) is 0. The maximum Gasteiger partial charge on any atom is 0.157 e. The van der Waals surface area contributed by atoms with Crippen LogP contribution in [0.3, 0.4) is 0 Å². The summed E-state index contributed by atoms with van der Waals surface area (Å²) < 4.78 is 10.5. The topological polar surface area (TPSA) is 47.6 Å². The van der Waals surface area contributed by atoms with Gasteiger partial charge in [-0.15, -0.1) is 0 Å². The van der Waals surface area contributed by atoms with Gasteiger partial charge in [-0.1, -0.05) is 0 Å². The van der Waals surface area contributed by atoms with Crippen molar-refractivity contribution < 1.29 is 14.3 Å². The van der Waals surface area contributed by atoms with Crippen LogP contribution in [-0.4, -0.2) is 38.4 Å². The van der Waals surface area contributed by atoms with E-state index in [-0.39, 0.29) is 18.1 Å². The number of hydrogen-bond acceptors (Lipinski definition) is 4. The Morgan fingerprint density at radius 3 is 2.62 bits per heavy atom.